The second-order valence-electron chi connectivity index (χ2n) is 18.2. The maximum atomic E-state index is 12.3. The number of ether oxygens (including phenoxy) is 3. The smallest absolute Gasteiger partial charge is 0.304 e. The van der Waals surface area contributed by atoms with Gasteiger partial charge >= 0.3 is 5.97 Å². The molecule has 5 saturated carbocycles. The van der Waals surface area contributed by atoms with Crippen molar-refractivity contribution in [1.29, 1.82) is 0 Å². The highest BCUT2D eigenvalue weighted by atomic mass is 16.7. The van der Waals surface area contributed by atoms with Gasteiger partial charge in [-0.05, 0) is 111 Å². The van der Waals surface area contributed by atoms with Crippen LogP contribution in [0.4, 0.5) is 0 Å². The summed E-state index contributed by atoms with van der Waals surface area (Å²) in [4.78, 5) is 13.3. The first kappa shape index (κ1) is 33.6. The normalized spacial score (nSPS) is 52.0. The number of hydrogen-bond donors (Lipinski definition) is 5. The molecule has 10 nitrogen and oxygen atoms in total. The molecule has 7 aliphatic rings. The number of aliphatic carboxylic acids is 1. The van der Waals surface area contributed by atoms with Crippen molar-refractivity contribution in [2.75, 3.05) is 26.2 Å². The molecule has 7 rings (SSSR count). The molecule has 0 aromatic carbocycles. The summed E-state index contributed by atoms with van der Waals surface area (Å²) in [5, 5.41) is 43.0. The van der Waals surface area contributed by atoms with Crippen molar-refractivity contribution in [3.63, 3.8) is 0 Å². The van der Waals surface area contributed by atoms with Crippen molar-refractivity contribution in [1.82, 2.24) is 4.90 Å². The van der Waals surface area contributed by atoms with E-state index in [1.54, 1.807) is 13.8 Å². The number of carbonyl (C=O) groups is 1. The second-order valence-corrected chi connectivity index (χ2v) is 18.2. The average molecular weight is 649 g/mol. The molecule has 2 spiro atoms. The van der Waals surface area contributed by atoms with Gasteiger partial charge in [0.15, 0.2) is 6.29 Å². The zero-order chi connectivity index (χ0) is 33.2. The third-order valence-corrected chi connectivity index (χ3v) is 15.4. The van der Waals surface area contributed by atoms with E-state index in [9.17, 15) is 20.1 Å². The zero-order valence-corrected chi connectivity index (χ0v) is 28.9. The molecule has 14 unspecified atom stereocenters. The van der Waals surface area contributed by atoms with Crippen LogP contribution < -0.4 is 5.73 Å². The van der Waals surface area contributed by atoms with Gasteiger partial charge in [-0.25, -0.2) is 0 Å². The molecule has 2 saturated heterocycles. The van der Waals surface area contributed by atoms with Crippen LogP contribution in [0.5, 0.6) is 0 Å². The van der Waals surface area contributed by atoms with E-state index in [4.69, 9.17) is 25.1 Å². The number of rotatable bonds is 7. The molecule has 5 aliphatic carbocycles. The van der Waals surface area contributed by atoms with Crippen molar-refractivity contribution in [3.05, 3.63) is 0 Å². The lowest BCUT2D eigenvalue weighted by atomic mass is 9.43. The number of aliphatic hydroxyl groups excluding tert-OH is 2. The van der Waals surface area contributed by atoms with E-state index in [0.29, 0.717) is 32.0 Å². The maximum absolute atomic E-state index is 12.3. The lowest BCUT2D eigenvalue weighted by Crippen LogP contribution is -2.70. The van der Waals surface area contributed by atoms with Crippen molar-refractivity contribution >= 4 is 5.97 Å². The topological polar surface area (TPSA) is 155 Å². The molecular weight excluding hydrogens is 588 g/mol. The summed E-state index contributed by atoms with van der Waals surface area (Å²) in [5.74, 6) is 0.240. The summed E-state index contributed by atoms with van der Waals surface area (Å²) < 4.78 is 19.4. The molecular formula is C36H60N2O8. The number of carboxylic acids is 1. The maximum Gasteiger partial charge on any atom is 0.304 e. The Morgan fingerprint density at radius 3 is 2.50 bits per heavy atom. The van der Waals surface area contributed by atoms with Gasteiger partial charge in [-0.15, -0.1) is 0 Å². The summed E-state index contributed by atoms with van der Waals surface area (Å²) >= 11 is 0. The Morgan fingerprint density at radius 2 is 1.80 bits per heavy atom. The zero-order valence-electron chi connectivity index (χ0n) is 28.9. The van der Waals surface area contributed by atoms with Crippen LogP contribution in [-0.4, -0.2) is 105 Å². The minimum Gasteiger partial charge on any atom is -0.481 e. The molecule has 14 atom stereocenters. The van der Waals surface area contributed by atoms with Crippen molar-refractivity contribution < 1.29 is 39.4 Å². The van der Waals surface area contributed by atoms with Crippen LogP contribution in [0.15, 0.2) is 0 Å². The van der Waals surface area contributed by atoms with Crippen molar-refractivity contribution in [3.8, 4) is 0 Å². The minimum atomic E-state index is -1.29. The molecule has 0 aromatic rings. The van der Waals surface area contributed by atoms with Gasteiger partial charge in [0.05, 0.1) is 48.6 Å². The summed E-state index contributed by atoms with van der Waals surface area (Å²) in [6.45, 7) is 14.9. The van der Waals surface area contributed by atoms with Gasteiger partial charge in [0.2, 0.25) is 0 Å². The minimum absolute atomic E-state index is 0.0533. The van der Waals surface area contributed by atoms with Gasteiger partial charge in [0.25, 0.3) is 0 Å². The van der Waals surface area contributed by atoms with Gasteiger partial charge in [0, 0.05) is 19.6 Å². The van der Waals surface area contributed by atoms with Gasteiger partial charge in [0.1, 0.15) is 6.10 Å². The summed E-state index contributed by atoms with van der Waals surface area (Å²) in [6.07, 6.45) is 5.03. The Labute approximate surface area is 274 Å². The number of aliphatic hydroxyl groups is 3. The fourth-order valence-corrected chi connectivity index (χ4v) is 13.2. The lowest BCUT2D eigenvalue weighted by molar-refractivity contribution is -0.246. The third-order valence-electron chi connectivity index (χ3n) is 15.4. The van der Waals surface area contributed by atoms with Crippen molar-refractivity contribution in [2.24, 2.45) is 51.1 Å². The monoisotopic (exact) mass is 648 g/mol. The molecule has 6 N–H and O–H groups in total. The molecule has 10 heteroatoms. The van der Waals surface area contributed by atoms with E-state index in [1.165, 1.54) is 6.42 Å². The molecule has 2 aliphatic heterocycles. The molecule has 0 radical (unpaired) electrons. The van der Waals surface area contributed by atoms with Gasteiger partial charge < -0.3 is 40.4 Å². The van der Waals surface area contributed by atoms with E-state index < -0.39 is 41.5 Å². The average Bonchev–Trinajstić information content (AvgIpc) is 3.61. The number of carboxylic acid groups (broad SMARTS) is 1. The Morgan fingerprint density at radius 1 is 1.11 bits per heavy atom. The summed E-state index contributed by atoms with van der Waals surface area (Å²) in [5.41, 5.74) is 5.64. The third kappa shape index (κ3) is 4.53. The first-order valence-electron chi connectivity index (χ1n) is 18.2. The van der Waals surface area contributed by atoms with Crippen LogP contribution in [0.3, 0.4) is 0 Å². The van der Waals surface area contributed by atoms with Crippen LogP contribution in [0, 0.1) is 45.3 Å². The molecule has 46 heavy (non-hydrogen) atoms. The fraction of sp³-hybridized carbons (Fsp3) is 0.972. The van der Waals surface area contributed by atoms with Crippen molar-refractivity contribution in [2.45, 2.75) is 147 Å². The fourth-order valence-electron chi connectivity index (χ4n) is 13.2. The van der Waals surface area contributed by atoms with Crippen LogP contribution in [0.2, 0.25) is 0 Å². The van der Waals surface area contributed by atoms with Gasteiger partial charge in [-0.2, -0.15) is 0 Å². The Balaban J connectivity index is 1.10. The van der Waals surface area contributed by atoms with E-state index in [2.05, 4.69) is 32.6 Å². The number of fused-ring (bicyclic) bond motifs is 4. The summed E-state index contributed by atoms with van der Waals surface area (Å²) in [7, 11) is 0. The van der Waals surface area contributed by atoms with Crippen LogP contribution >= 0.6 is 0 Å². The first-order valence-corrected chi connectivity index (χ1v) is 18.2. The number of hydrogen-bond acceptors (Lipinski definition) is 9. The molecule has 0 bridgehead atoms. The Kier molecular flexibility index (Phi) is 7.91. The SMILES string of the molecule is CC1CC(C(O)C(C)(C)O)OC2C1C1(C)CCC34CC35CCC(OC3CN(CCC(=O)O)CCO3)C(C)(C)C5CCC4C1(N)C2O. The van der Waals surface area contributed by atoms with E-state index in [-0.39, 0.29) is 58.2 Å². The first-order chi connectivity index (χ1) is 21.4. The Hall–Kier alpha value is -0.850. The number of nitrogens with two attached hydrogens (primary N) is 1. The lowest BCUT2D eigenvalue weighted by Gasteiger charge is -2.63. The number of morpholine rings is 1. The van der Waals surface area contributed by atoms with Crippen LogP contribution in [0.25, 0.3) is 0 Å². The van der Waals surface area contributed by atoms with Gasteiger partial charge in [-0.3, -0.25) is 9.69 Å². The second kappa shape index (κ2) is 10.8. The highest BCUT2D eigenvalue weighted by molar-refractivity contribution is 5.66. The predicted molar refractivity (Wildman–Crippen MR) is 171 cm³/mol. The van der Waals surface area contributed by atoms with E-state index in [1.807, 2.05) is 0 Å². The highest BCUT2D eigenvalue weighted by Crippen LogP contribution is 2.87. The standard InChI is InChI=1S/C36H60N2O8/c1-20-17-21(29(41)32(4,5)43)45-28-27(20)33(6)12-13-35-19-34(35)11-9-24(46-26-18-38(15-16-44-26)14-10-25(39)40)31(2,3)22(34)7-8-23(35)36(33,37)30(28)42/h20-24,26-30,41-43H,7-19,37H2,1-6H3,(H,39,40). The summed E-state index contributed by atoms with van der Waals surface area (Å²) in [6, 6.07) is 0. The molecule has 262 valence electrons. The van der Waals surface area contributed by atoms with Crippen LogP contribution in [0.1, 0.15) is 99.3 Å². The van der Waals surface area contributed by atoms with E-state index >= 15 is 0 Å². The predicted octanol–water partition coefficient (Wildman–Crippen LogP) is 3.14. The van der Waals surface area contributed by atoms with Crippen LogP contribution in [-0.2, 0) is 19.0 Å². The van der Waals surface area contributed by atoms with E-state index in [0.717, 1.165) is 45.1 Å². The molecule has 7 fully saturated rings. The molecule has 2 heterocycles. The number of nitrogens with zero attached hydrogens (tertiary/aromatic N) is 1. The largest absolute Gasteiger partial charge is 0.481 e. The molecule has 0 aromatic heterocycles. The molecule has 0 amide bonds. The highest BCUT2D eigenvalue weighted by Gasteiger charge is 2.85. The van der Waals surface area contributed by atoms with Gasteiger partial charge in [-0.1, -0.05) is 27.7 Å². The quantitative estimate of drug-likeness (QED) is 0.278. The Bertz CT molecular complexity index is 1210.